The van der Waals surface area contributed by atoms with Gasteiger partial charge in [-0.3, -0.25) is 0 Å². The number of aryl methyl sites for hydroxylation is 1. The first-order valence-corrected chi connectivity index (χ1v) is 9.12. The lowest BCUT2D eigenvalue weighted by atomic mass is 10.1. The van der Waals surface area contributed by atoms with Gasteiger partial charge in [0.15, 0.2) is 0 Å². The monoisotopic (exact) mass is 323 g/mol. The van der Waals surface area contributed by atoms with Crippen molar-refractivity contribution in [3.05, 3.63) is 79.4 Å². The highest BCUT2D eigenvalue weighted by molar-refractivity contribution is 5.53. The van der Waals surface area contributed by atoms with Crippen LogP contribution in [0.3, 0.4) is 0 Å². The fraction of sp³-hybridized carbons (Fsp3) is 0.391. The van der Waals surface area contributed by atoms with Gasteiger partial charge >= 0.3 is 0 Å². The molecule has 0 aliphatic carbocycles. The second-order valence-electron chi connectivity index (χ2n) is 6.07. The summed E-state index contributed by atoms with van der Waals surface area (Å²) in [7, 11) is 0. The van der Waals surface area contributed by atoms with Gasteiger partial charge < -0.3 is 4.90 Å². The predicted molar refractivity (Wildman–Crippen MR) is 110 cm³/mol. The number of allylic oxidation sites excluding steroid dienone is 4. The van der Waals surface area contributed by atoms with Gasteiger partial charge in [0.05, 0.1) is 0 Å². The molecule has 0 amide bonds. The molecule has 0 spiro atoms. The van der Waals surface area contributed by atoms with E-state index in [0.29, 0.717) is 0 Å². The molecule has 0 heterocycles. The summed E-state index contributed by atoms with van der Waals surface area (Å²) < 4.78 is 0. The van der Waals surface area contributed by atoms with E-state index in [9.17, 15) is 0 Å². The molecule has 0 radical (unpaired) electrons. The van der Waals surface area contributed by atoms with Gasteiger partial charge in [0, 0.05) is 18.8 Å². The molecule has 0 saturated heterocycles. The molecule has 1 nitrogen and oxygen atoms in total. The number of para-hydroxylation sites is 1. The second kappa shape index (κ2) is 13.4. The SMILES string of the molecule is C=CCCCC=CCN(CC=CCCCC=C)c1ccccc1C. The van der Waals surface area contributed by atoms with Crippen LogP contribution < -0.4 is 4.90 Å². The molecule has 0 aliphatic heterocycles. The van der Waals surface area contributed by atoms with Crippen LogP contribution in [0.1, 0.15) is 44.1 Å². The molecule has 0 fully saturated rings. The maximum absolute atomic E-state index is 3.77. The van der Waals surface area contributed by atoms with Crippen molar-refractivity contribution in [3.63, 3.8) is 0 Å². The first-order chi connectivity index (χ1) is 11.8. The first kappa shape index (κ1) is 20.0. The average molecular weight is 324 g/mol. The molecule has 0 saturated carbocycles. The van der Waals surface area contributed by atoms with Crippen LogP contribution in [0.5, 0.6) is 0 Å². The van der Waals surface area contributed by atoms with Gasteiger partial charge in [0.2, 0.25) is 0 Å². The summed E-state index contributed by atoms with van der Waals surface area (Å²) >= 11 is 0. The molecule has 0 N–H and O–H groups in total. The number of benzene rings is 1. The van der Waals surface area contributed by atoms with Gasteiger partial charge in [-0.1, -0.05) is 54.7 Å². The largest absolute Gasteiger partial charge is 0.364 e. The number of hydrogen-bond acceptors (Lipinski definition) is 1. The van der Waals surface area contributed by atoms with E-state index in [1.807, 2.05) is 12.2 Å². The van der Waals surface area contributed by atoms with Crippen LogP contribution in [-0.4, -0.2) is 13.1 Å². The maximum atomic E-state index is 3.77. The Morgan fingerprint density at radius 1 is 0.792 bits per heavy atom. The van der Waals surface area contributed by atoms with Gasteiger partial charge in [0.25, 0.3) is 0 Å². The lowest BCUT2D eigenvalue weighted by molar-refractivity contribution is 0.857. The van der Waals surface area contributed by atoms with Crippen LogP contribution in [0.2, 0.25) is 0 Å². The number of unbranched alkanes of at least 4 members (excludes halogenated alkanes) is 4. The fourth-order valence-corrected chi connectivity index (χ4v) is 2.59. The Labute approximate surface area is 149 Å². The molecule has 0 atom stereocenters. The number of hydrogen-bond donors (Lipinski definition) is 0. The summed E-state index contributed by atoms with van der Waals surface area (Å²) in [6, 6.07) is 8.63. The Morgan fingerprint density at radius 3 is 1.83 bits per heavy atom. The highest BCUT2D eigenvalue weighted by Crippen LogP contribution is 2.19. The van der Waals surface area contributed by atoms with E-state index in [1.165, 1.54) is 24.1 Å². The molecule has 1 aromatic rings. The summed E-state index contributed by atoms with van der Waals surface area (Å²) in [4.78, 5) is 2.43. The third kappa shape index (κ3) is 8.57. The molecule has 1 rings (SSSR count). The van der Waals surface area contributed by atoms with E-state index < -0.39 is 0 Å². The van der Waals surface area contributed by atoms with Crippen LogP contribution in [0.15, 0.2) is 73.9 Å². The van der Waals surface area contributed by atoms with Gasteiger partial charge in [0.1, 0.15) is 0 Å². The standard InChI is InChI=1S/C23H33N/c1-4-6-8-10-12-16-20-24(21-17-13-11-9-7-5-2)23-19-15-14-18-22(23)3/h4-5,12-19H,1-2,6-11,20-21H2,3H3. The van der Waals surface area contributed by atoms with Gasteiger partial charge in [-0.05, 0) is 57.1 Å². The number of rotatable bonds is 13. The highest BCUT2D eigenvalue weighted by atomic mass is 15.1. The van der Waals surface area contributed by atoms with Crippen LogP contribution in [0, 0.1) is 6.92 Å². The van der Waals surface area contributed by atoms with E-state index >= 15 is 0 Å². The quantitative estimate of drug-likeness (QED) is 0.291. The Bertz CT molecular complexity index is 499. The van der Waals surface area contributed by atoms with E-state index in [1.54, 1.807) is 0 Å². The lowest BCUT2D eigenvalue weighted by Gasteiger charge is -2.23. The molecule has 1 heteroatoms. The molecule has 0 bridgehead atoms. The van der Waals surface area contributed by atoms with Crippen molar-refractivity contribution in [1.82, 2.24) is 0 Å². The Balaban J connectivity index is 2.58. The van der Waals surface area contributed by atoms with Crippen molar-refractivity contribution < 1.29 is 0 Å². The highest BCUT2D eigenvalue weighted by Gasteiger charge is 2.05. The van der Waals surface area contributed by atoms with Gasteiger partial charge in [-0.15, -0.1) is 13.2 Å². The molecule has 0 aromatic heterocycles. The smallest absolute Gasteiger partial charge is 0.0401 e. The number of anilines is 1. The van der Waals surface area contributed by atoms with E-state index in [-0.39, 0.29) is 0 Å². The molecular formula is C23H33N. The summed E-state index contributed by atoms with van der Waals surface area (Å²) in [6.45, 7) is 11.6. The van der Waals surface area contributed by atoms with Crippen molar-refractivity contribution in [2.24, 2.45) is 0 Å². The molecule has 130 valence electrons. The Hall–Kier alpha value is -2.02. The molecule has 0 unspecified atom stereocenters. The van der Waals surface area contributed by atoms with E-state index in [2.05, 4.69) is 73.6 Å². The van der Waals surface area contributed by atoms with Crippen LogP contribution >= 0.6 is 0 Å². The topological polar surface area (TPSA) is 3.24 Å². The van der Waals surface area contributed by atoms with Crippen molar-refractivity contribution in [3.8, 4) is 0 Å². The zero-order valence-corrected chi connectivity index (χ0v) is 15.3. The van der Waals surface area contributed by atoms with E-state index in [0.717, 1.165) is 38.8 Å². The number of nitrogens with zero attached hydrogens (tertiary/aromatic N) is 1. The lowest BCUT2D eigenvalue weighted by Crippen LogP contribution is -2.24. The Morgan fingerprint density at radius 2 is 1.33 bits per heavy atom. The minimum Gasteiger partial charge on any atom is -0.364 e. The second-order valence-corrected chi connectivity index (χ2v) is 6.07. The van der Waals surface area contributed by atoms with Crippen LogP contribution in [0.4, 0.5) is 5.69 Å². The summed E-state index contributed by atoms with van der Waals surface area (Å²) in [5.41, 5.74) is 2.65. The minimum atomic E-state index is 0.954. The van der Waals surface area contributed by atoms with Crippen molar-refractivity contribution in [1.29, 1.82) is 0 Å². The van der Waals surface area contributed by atoms with Crippen LogP contribution in [0.25, 0.3) is 0 Å². The predicted octanol–water partition coefficient (Wildman–Crippen LogP) is 6.63. The van der Waals surface area contributed by atoms with Crippen LogP contribution in [-0.2, 0) is 0 Å². The van der Waals surface area contributed by atoms with Crippen molar-refractivity contribution in [2.45, 2.75) is 45.4 Å². The summed E-state index contributed by atoms with van der Waals surface area (Å²) in [5.74, 6) is 0. The van der Waals surface area contributed by atoms with Crippen molar-refractivity contribution in [2.75, 3.05) is 18.0 Å². The minimum absolute atomic E-state index is 0.954. The van der Waals surface area contributed by atoms with E-state index in [4.69, 9.17) is 0 Å². The molecule has 24 heavy (non-hydrogen) atoms. The average Bonchev–Trinajstić information content (AvgIpc) is 2.60. The van der Waals surface area contributed by atoms with Crippen molar-refractivity contribution >= 4 is 5.69 Å². The zero-order chi connectivity index (χ0) is 17.5. The maximum Gasteiger partial charge on any atom is 0.0401 e. The summed E-state index contributed by atoms with van der Waals surface area (Å²) in [5, 5.41) is 0. The molecule has 0 aliphatic rings. The first-order valence-electron chi connectivity index (χ1n) is 9.12. The summed E-state index contributed by atoms with van der Waals surface area (Å²) in [6.07, 6.45) is 20.0. The fourth-order valence-electron chi connectivity index (χ4n) is 2.59. The zero-order valence-electron chi connectivity index (χ0n) is 15.3. The molecular weight excluding hydrogens is 290 g/mol. The van der Waals surface area contributed by atoms with Gasteiger partial charge in [-0.2, -0.15) is 0 Å². The third-order valence-corrected chi connectivity index (χ3v) is 4.00. The third-order valence-electron chi connectivity index (χ3n) is 4.00. The Kier molecular flexibility index (Phi) is 11.2. The van der Waals surface area contributed by atoms with Gasteiger partial charge in [-0.25, -0.2) is 0 Å². The molecule has 1 aromatic carbocycles. The normalized spacial score (nSPS) is 11.2.